The fraction of sp³-hybridized carbons (Fsp3) is 0.133. The van der Waals surface area contributed by atoms with Crippen molar-refractivity contribution in [2.45, 2.75) is 13.8 Å². The zero-order valence-corrected chi connectivity index (χ0v) is 12.9. The Labute approximate surface area is 125 Å². The summed E-state index contributed by atoms with van der Waals surface area (Å²) in [6.45, 7) is 3.87. The third-order valence-electron chi connectivity index (χ3n) is 2.73. The summed E-state index contributed by atoms with van der Waals surface area (Å²) in [6, 6.07) is 8.96. The predicted molar refractivity (Wildman–Crippen MR) is 80.5 cm³/mol. The lowest BCUT2D eigenvalue weighted by molar-refractivity contribution is 0.112. The van der Waals surface area contributed by atoms with Crippen LogP contribution in [0.2, 0.25) is 5.02 Å². The number of ether oxygens (including phenoxy) is 1. The maximum Gasteiger partial charge on any atom is 0.150 e. The first-order valence-corrected chi connectivity index (χ1v) is 6.87. The van der Waals surface area contributed by atoms with Gasteiger partial charge in [-0.05, 0) is 71.2 Å². The van der Waals surface area contributed by atoms with E-state index in [4.69, 9.17) is 16.3 Å². The van der Waals surface area contributed by atoms with Crippen LogP contribution in [0.3, 0.4) is 0 Å². The molecule has 0 radical (unpaired) electrons. The second-order valence-electron chi connectivity index (χ2n) is 4.28. The molecule has 98 valence electrons. The van der Waals surface area contributed by atoms with E-state index < -0.39 is 0 Å². The third kappa shape index (κ3) is 3.17. The zero-order valence-electron chi connectivity index (χ0n) is 10.5. The van der Waals surface area contributed by atoms with Crippen LogP contribution in [0.1, 0.15) is 21.5 Å². The van der Waals surface area contributed by atoms with Crippen molar-refractivity contribution in [3.05, 3.63) is 56.5 Å². The first-order chi connectivity index (χ1) is 9.01. The fourth-order valence-electron chi connectivity index (χ4n) is 1.77. The number of aldehydes is 1. The van der Waals surface area contributed by atoms with Crippen molar-refractivity contribution in [1.82, 2.24) is 0 Å². The van der Waals surface area contributed by atoms with E-state index in [1.165, 1.54) is 0 Å². The molecule has 0 saturated heterocycles. The van der Waals surface area contributed by atoms with Gasteiger partial charge in [-0.3, -0.25) is 4.79 Å². The smallest absolute Gasteiger partial charge is 0.150 e. The molecule has 0 atom stereocenters. The highest BCUT2D eigenvalue weighted by atomic mass is 79.9. The highest BCUT2D eigenvalue weighted by molar-refractivity contribution is 9.10. The van der Waals surface area contributed by atoms with Crippen molar-refractivity contribution in [3.8, 4) is 11.5 Å². The van der Waals surface area contributed by atoms with Crippen molar-refractivity contribution in [2.75, 3.05) is 0 Å². The second-order valence-corrected chi connectivity index (χ2v) is 5.51. The van der Waals surface area contributed by atoms with Gasteiger partial charge in [0.1, 0.15) is 17.8 Å². The third-order valence-corrected chi connectivity index (χ3v) is 3.95. The summed E-state index contributed by atoms with van der Waals surface area (Å²) < 4.78 is 6.54. The molecule has 2 nitrogen and oxygen atoms in total. The molecule has 0 aliphatic rings. The Bertz CT molecular complexity index is 615. The number of carbonyl (C=O) groups excluding carboxylic acids is 1. The monoisotopic (exact) mass is 338 g/mol. The average molecular weight is 340 g/mol. The van der Waals surface area contributed by atoms with Gasteiger partial charge in [0.15, 0.2) is 0 Å². The van der Waals surface area contributed by atoms with E-state index >= 15 is 0 Å². The van der Waals surface area contributed by atoms with Crippen LogP contribution in [0.25, 0.3) is 0 Å². The molecule has 0 aliphatic carbocycles. The molecule has 0 heterocycles. The van der Waals surface area contributed by atoms with Crippen molar-refractivity contribution in [1.29, 1.82) is 0 Å². The molecule has 0 aromatic heterocycles. The van der Waals surface area contributed by atoms with Gasteiger partial charge in [-0.25, -0.2) is 0 Å². The molecule has 0 fully saturated rings. The molecule has 4 heteroatoms. The highest BCUT2D eigenvalue weighted by Gasteiger charge is 2.07. The summed E-state index contributed by atoms with van der Waals surface area (Å²) in [5, 5.41) is 0.753. The topological polar surface area (TPSA) is 26.3 Å². The Kier molecular flexibility index (Phi) is 4.27. The summed E-state index contributed by atoms with van der Waals surface area (Å²) in [5.41, 5.74) is 2.54. The van der Waals surface area contributed by atoms with Crippen LogP contribution in [-0.2, 0) is 0 Å². The molecular formula is C15H12BrClO2. The lowest BCUT2D eigenvalue weighted by Gasteiger charge is -2.11. The highest BCUT2D eigenvalue weighted by Crippen LogP contribution is 2.33. The molecule has 2 rings (SSSR count). The Morgan fingerprint density at radius 2 is 1.79 bits per heavy atom. The Morgan fingerprint density at radius 1 is 1.16 bits per heavy atom. The molecule has 0 N–H and O–H groups in total. The minimum atomic E-state index is 0.600. The molecule has 0 bridgehead atoms. The average Bonchev–Trinajstić information content (AvgIpc) is 2.38. The number of hydrogen-bond acceptors (Lipinski definition) is 2. The van der Waals surface area contributed by atoms with E-state index in [0.29, 0.717) is 11.3 Å². The first kappa shape index (κ1) is 14.1. The SMILES string of the molecule is Cc1cc(Oc2ccc(C=O)cc2Br)cc(C)c1Cl. The van der Waals surface area contributed by atoms with Gasteiger partial charge in [-0.1, -0.05) is 11.6 Å². The molecule has 19 heavy (non-hydrogen) atoms. The predicted octanol–water partition coefficient (Wildman–Crippen LogP) is 5.32. The molecular weight excluding hydrogens is 328 g/mol. The Morgan fingerprint density at radius 3 is 2.32 bits per heavy atom. The normalized spacial score (nSPS) is 10.3. The molecule has 0 unspecified atom stereocenters. The number of benzene rings is 2. The zero-order chi connectivity index (χ0) is 14.0. The largest absolute Gasteiger partial charge is 0.456 e. The van der Waals surface area contributed by atoms with Gasteiger partial charge in [-0.15, -0.1) is 0 Å². The first-order valence-electron chi connectivity index (χ1n) is 5.70. The summed E-state index contributed by atoms with van der Waals surface area (Å²) in [4.78, 5) is 10.7. The van der Waals surface area contributed by atoms with Gasteiger partial charge in [0.25, 0.3) is 0 Å². The minimum absolute atomic E-state index is 0.600. The molecule has 0 amide bonds. The quantitative estimate of drug-likeness (QED) is 0.707. The van der Waals surface area contributed by atoms with Crippen LogP contribution in [-0.4, -0.2) is 6.29 Å². The number of halogens is 2. The van der Waals surface area contributed by atoms with Gasteiger partial charge >= 0.3 is 0 Å². The van der Waals surface area contributed by atoms with Crippen molar-refractivity contribution in [2.24, 2.45) is 0 Å². The van der Waals surface area contributed by atoms with Gasteiger partial charge < -0.3 is 4.74 Å². The Hall–Kier alpha value is -1.32. The lowest BCUT2D eigenvalue weighted by atomic mass is 10.1. The number of aryl methyl sites for hydroxylation is 2. The van der Waals surface area contributed by atoms with E-state index in [2.05, 4.69) is 15.9 Å². The summed E-state index contributed by atoms with van der Waals surface area (Å²) >= 11 is 9.51. The van der Waals surface area contributed by atoms with E-state index in [9.17, 15) is 4.79 Å². The summed E-state index contributed by atoms with van der Waals surface area (Å²) in [5.74, 6) is 1.38. The van der Waals surface area contributed by atoms with Gasteiger partial charge in [0.2, 0.25) is 0 Å². The van der Waals surface area contributed by atoms with Crippen molar-refractivity contribution >= 4 is 33.8 Å². The number of rotatable bonds is 3. The van der Waals surface area contributed by atoms with Gasteiger partial charge in [-0.2, -0.15) is 0 Å². The second kappa shape index (κ2) is 5.76. The standard InChI is InChI=1S/C15H12BrClO2/c1-9-5-12(6-10(2)15(9)17)19-14-4-3-11(8-18)7-13(14)16/h3-8H,1-2H3. The van der Waals surface area contributed by atoms with Crippen LogP contribution in [0.15, 0.2) is 34.8 Å². The molecule has 0 aliphatic heterocycles. The maximum atomic E-state index is 10.7. The van der Waals surface area contributed by atoms with E-state index in [-0.39, 0.29) is 0 Å². The van der Waals surface area contributed by atoms with Gasteiger partial charge in [0.05, 0.1) is 4.47 Å². The number of carbonyl (C=O) groups is 1. The minimum Gasteiger partial charge on any atom is -0.456 e. The summed E-state index contributed by atoms with van der Waals surface area (Å²) in [7, 11) is 0. The maximum absolute atomic E-state index is 10.7. The van der Waals surface area contributed by atoms with E-state index in [1.807, 2.05) is 26.0 Å². The molecule has 2 aromatic rings. The van der Waals surface area contributed by atoms with Crippen LogP contribution in [0.4, 0.5) is 0 Å². The van der Waals surface area contributed by atoms with Crippen LogP contribution < -0.4 is 4.74 Å². The van der Waals surface area contributed by atoms with Crippen molar-refractivity contribution < 1.29 is 9.53 Å². The van der Waals surface area contributed by atoms with Crippen molar-refractivity contribution in [3.63, 3.8) is 0 Å². The summed E-state index contributed by atoms with van der Waals surface area (Å²) in [6.07, 6.45) is 0.797. The van der Waals surface area contributed by atoms with Gasteiger partial charge in [0, 0.05) is 10.6 Å². The van der Waals surface area contributed by atoms with Crippen LogP contribution in [0.5, 0.6) is 11.5 Å². The molecule has 0 saturated carbocycles. The van der Waals surface area contributed by atoms with E-state index in [0.717, 1.165) is 32.7 Å². The number of hydrogen-bond donors (Lipinski definition) is 0. The van der Waals surface area contributed by atoms with Crippen LogP contribution >= 0.6 is 27.5 Å². The fourth-order valence-corrected chi connectivity index (χ4v) is 2.35. The van der Waals surface area contributed by atoms with Crippen LogP contribution in [0, 0.1) is 13.8 Å². The lowest BCUT2D eigenvalue weighted by Crippen LogP contribution is -1.90. The molecule has 2 aromatic carbocycles. The molecule has 0 spiro atoms. The Balaban J connectivity index is 2.33. The van der Waals surface area contributed by atoms with E-state index in [1.54, 1.807) is 18.2 Å².